The van der Waals surface area contributed by atoms with Crippen LogP contribution in [0.15, 0.2) is 0 Å². The fourth-order valence-electron chi connectivity index (χ4n) is 0. The Bertz CT molecular complexity index is 10.8. The van der Waals surface area contributed by atoms with E-state index in [1.54, 1.807) is 0 Å². The van der Waals surface area contributed by atoms with Gasteiger partial charge in [0.2, 0.25) is 0 Å². The summed E-state index contributed by atoms with van der Waals surface area (Å²) in [5.74, 6) is 0. The van der Waals surface area contributed by atoms with Crippen LogP contribution in [0.2, 0.25) is 0 Å². The Balaban J connectivity index is 2.32. The molecule has 0 bridgehead atoms. The predicted molar refractivity (Wildman–Crippen MR) is 20.6 cm³/mol. The standard InChI is InChI=1S/BrH.2ClH.Mo/h3*1H;/q;;;+3/p-3. The van der Waals surface area contributed by atoms with E-state index in [-0.39, 0.29) is 0 Å². The molecule has 0 amide bonds. The van der Waals surface area contributed by atoms with Gasteiger partial charge in [0.25, 0.3) is 0 Å². The maximum absolute atomic E-state index is 5.13. The van der Waals surface area contributed by atoms with Crippen molar-refractivity contribution >= 4 is 32.1 Å². The van der Waals surface area contributed by atoms with Crippen LogP contribution in [-0.2, 0) is 13.2 Å². The summed E-state index contributed by atoms with van der Waals surface area (Å²) in [4.78, 5) is 0. The van der Waals surface area contributed by atoms with Gasteiger partial charge in [-0.2, -0.15) is 0 Å². The van der Waals surface area contributed by atoms with Crippen molar-refractivity contribution in [2.45, 2.75) is 0 Å². The van der Waals surface area contributed by atoms with E-state index in [2.05, 4.69) is 13.3 Å². The Morgan fingerprint density at radius 2 is 1.50 bits per heavy atom. The Morgan fingerprint density at radius 3 is 1.50 bits per heavy atom. The van der Waals surface area contributed by atoms with E-state index in [1.807, 2.05) is 0 Å². The molecule has 0 heterocycles. The van der Waals surface area contributed by atoms with Crippen molar-refractivity contribution < 1.29 is 13.2 Å². The van der Waals surface area contributed by atoms with E-state index in [4.69, 9.17) is 18.8 Å². The predicted octanol–water partition coefficient (Wildman–Crippen LogP) is 2.22. The summed E-state index contributed by atoms with van der Waals surface area (Å²) in [6, 6.07) is 0. The molecule has 0 saturated carbocycles. The first-order chi connectivity index (χ1) is 1.73. The Morgan fingerprint density at radius 1 is 1.50 bits per heavy atom. The molecule has 0 spiro atoms. The van der Waals surface area contributed by atoms with Gasteiger partial charge in [0.15, 0.2) is 0 Å². The minimum atomic E-state index is -1.60. The minimum absolute atomic E-state index is 1.60. The Labute approximate surface area is 45.0 Å². The maximum atomic E-state index is 5.13. The van der Waals surface area contributed by atoms with E-state index in [0.29, 0.717) is 0 Å². The molecule has 4 heteroatoms. The molecule has 0 radical (unpaired) electrons. The van der Waals surface area contributed by atoms with Gasteiger partial charge >= 0.3 is 45.3 Å². The first-order valence-electron chi connectivity index (χ1n) is 0.463. The quantitative estimate of drug-likeness (QED) is 0.575. The second kappa shape index (κ2) is 2.96. The van der Waals surface area contributed by atoms with E-state index < -0.39 is 13.2 Å². The zero-order chi connectivity index (χ0) is 3.58. The number of rotatable bonds is 0. The summed E-state index contributed by atoms with van der Waals surface area (Å²) in [7, 11) is 10.3. The van der Waals surface area contributed by atoms with Gasteiger partial charge in [0.1, 0.15) is 0 Å². The van der Waals surface area contributed by atoms with Crippen LogP contribution < -0.4 is 0 Å². The van der Waals surface area contributed by atoms with Crippen molar-refractivity contribution in [1.82, 2.24) is 0 Å². The third kappa shape index (κ3) is 9.26. The van der Waals surface area contributed by atoms with E-state index in [1.165, 1.54) is 0 Å². The van der Waals surface area contributed by atoms with E-state index in [9.17, 15) is 0 Å². The van der Waals surface area contributed by atoms with Crippen LogP contribution in [0.25, 0.3) is 0 Å². The molecule has 0 rings (SSSR count). The molecule has 0 aliphatic heterocycles. The van der Waals surface area contributed by atoms with Crippen molar-refractivity contribution in [3.8, 4) is 0 Å². The molecular weight excluding hydrogens is 247 g/mol. The van der Waals surface area contributed by atoms with Gasteiger partial charge in [-0.3, -0.25) is 0 Å². The third-order valence-corrected chi connectivity index (χ3v) is 0. The zero-order valence-electron chi connectivity index (χ0n) is 1.54. The molecule has 0 fully saturated rings. The van der Waals surface area contributed by atoms with E-state index in [0.717, 1.165) is 0 Å². The Hall–Kier alpha value is 1.75. The van der Waals surface area contributed by atoms with Crippen molar-refractivity contribution in [1.29, 1.82) is 0 Å². The van der Waals surface area contributed by atoms with Gasteiger partial charge in [-0.05, 0) is 0 Å². The van der Waals surface area contributed by atoms with Gasteiger partial charge in [-0.25, -0.2) is 0 Å². The fraction of sp³-hybridized carbons (Fsp3) is 0. The van der Waals surface area contributed by atoms with Crippen LogP contribution in [-0.4, -0.2) is 0 Å². The second-order valence-corrected chi connectivity index (χ2v) is 13.9. The molecule has 0 aromatic carbocycles. The molecule has 0 nitrogen and oxygen atoms in total. The van der Waals surface area contributed by atoms with Gasteiger partial charge in [-0.15, -0.1) is 0 Å². The van der Waals surface area contributed by atoms with Crippen molar-refractivity contribution in [3.05, 3.63) is 0 Å². The molecule has 0 N–H and O–H groups in total. The molecule has 0 saturated heterocycles. The summed E-state index contributed by atoms with van der Waals surface area (Å²) in [6.07, 6.45) is 0. The summed E-state index contributed by atoms with van der Waals surface area (Å²) in [6.45, 7) is 0. The summed E-state index contributed by atoms with van der Waals surface area (Å²) in [5, 5.41) is 0. The molecule has 0 aromatic heterocycles. The van der Waals surface area contributed by atoms with Crippen LogP contribution in [0.4, 0.5) is 0 Å². The van der Waals surface area contributed by atoms with Gasteiger partial charge in [-0.1, -0.05) is 0 Å². The number of hydrogen-bond acceptors (Lipinski definition) is 0. The molecule has 0 unspecified atom stereocenters. The van der Waals surface area contributed by atoms with Crippen molar-refractivity contribution in [2.24, 2.45) is 0 Å². The second-order valence-electron chi connectivity index (χ2n) is 0.175. The summed E-state index contributed by atoms with van der Waals surface area (Å²) < 4.78 is 0. The zero-order valence-corrected chi connectivity index (χ0v) is 6.65. The SMILES string of the molecule is [Cl][Mo]([Cl])[Br]. The monoisotopic (exact) mass is 247 g/mol. The normalized spacial score (nSPS) is 9.00. The first kappa shape index (κ1) is 5.75. The van der Waals surface area contributed by atoms with Crippen molar-refractivity contribution in [2.75, 3.05) is 0 Å². The fourth-order valence-corrected chi connectivity index (χ4v) is 0. The molecule has 0 aliphatic carbocycles. The van der Waals surface area contributed by atoms with Gasteiger partial charge < -0.3 is 0 Å². The van der Waals surface area contributed by atoms with Gasteiger partial charge in [0.05, 0.1) is 0 Å². The topological polar surface area (TPSA) is 0 Å². The average Bonchev–Trinajstić information content (AvgIpc) is 0.811. The van der Waals surface area contributed by atoms with Crippen LogP contribution >= 0.6 is 32.1 Å². The van der Waals surface area contributed by atoms with Gasteiger partial charge in [0, 0.05) is 0 Å². The molecule has 4 heavy (non-hydrogen) atoms. The first-order valence-corrected chi connectivity index (χ1v) is 10.2. The van der Waals surface area contributed by atoms with Crippen LogP contribution in [0.3, 0.4) is 0 Å². The number of halogens is 3. The van der Waals surface area contributed by atoms with Crippen LogP contribution in [0, 0.1) is 0 Å². The number of hydrogen-bond donors (Lipinski definition) is 0. The molecule has 0 atom stereocenters. The van der Waals surface area contributed by atoms with Crippen LogP contribution in [0.1, 0.15) is 0 Å². The Kier molecular flexibility index (Phi) is 4.25. The van der Waals surface area contributed by atoms with Crippen molar-refractivity contribution in [3.63, 3.8) is 0 Å². The van der Waals surface area contributed by atoms with E-state index >= 15 is 0 Å². The molecule has 0 aromatic rings. The molecular formula is BrCl2Mo. The summed E-state index contributed by atoms with van der Waals surface area (Å²) in [5.41, 5.74) is 0. The summed E-state index contributed by atoms with van der Waals surface area (Å²) >= 11 is 1.37. The molecule has 27 valence electrons. The third-order valence-electron chi connectivity index (χ3n) is 0. The average molecular weight is 247 g/mol. The van der Waals surface area contributed by atoms with Crippen LogP contribution in [0.5, 0.6) is 0 Å². The molecule has 0 aliphatic rings.